The Balaban J connectivity index is 2.06. The van der Waals surface area contributed by atoms with Crippen LogP contribution < -0.4 is 5.32 Å². The zero-order valence-corrected chi connectivity index (χ0v) is 12.8. The lowest BCUT2D eigenvalue weighted by Gasteiger charge is -2.09. The Morgan fingerprint density at radius 2 is 1.60 bits per heavy atom. The first-order valence-electron chi connectivity index (χ1n) is 6.46. The van der Waals surface area contributed by atoms with E-state index in [-0.39, 0.29) is 0 Å². The maximum atomic E-state index is 11.4. The predicted molar refractivity (Wildman–Crippen MR) is 82.8 cm³/mol. The number of sulfone groups is 1. The van der Waals surface area contributed by atoms with E-state index in [1.807, 2.05) is 0 Å². The smallest absolute Gasteiger partial charge is 0.175 e. The fraction of sp³-hybridized carbons (Fsp3) is 0.250. The van der Waals surface area contributed by atoms with Crippen molar-refractivity contribution in [2.24, 2.45) is 0 Å². The first-order chi connectivity index (χ1) is 9.36. The van der Waals surface area contributed by atoms with E-state index in [0.29, 0.717) is 4.90 Å². The van der Waals surface area contributed by atoms with Gasteiger partial charge in [-0.2, -0.15) is 0 Å². The molecule has 0 aliphatic rings. The van der Waals surface area contributed by atoms with E-state index < -0.39 is 9.84 Å². The van der Waals surface area contributed by atoms with Crippen LogP contribution in [0.5, 0.6) is 0 Å². The van der Waals surface area contributed by atoms with Gasteiger partial charge in [-0.25, -0.2) is 8.42 Å². The molecule has 0 fully saturated rings. The lowest BCUT2D eigenvalue weighted by atomic mass is 10.1. The summed E-state index contributed by atoms with van der Waals surface area (Å²) in [7, 11) is -3.12. The second kappa shape index (κ2) is 5.67. The fourth-order valence-electron chi connectivity index (χ4n) is 1.94. The number of rotatable bonds is 4. The van der Waals surface area contributed by atoms with E-state index in [1.165, 1.54) is 22.9 Å². The largest absolute Gasteiger partial charge is 0.381 e. The normalized spacial score (nSPS) is 11.3. The summed E-state index contributed by atoms with van der Waals surface area (Å²) in [4.78, 5) is 0.342. The van der Waals surface area contributed by atoms with Crippen LogP contribution >= 0.6 is 0 Å². The number of anilines is 1. The molecule has 0 saturated carbocycles. The second-order valence-electron chi connectivity index (χ2n) is 5.07. The molecule has 0 unspecified atom stereocenters. The van der Waals surface area contributed by atoms with Gasteiger partial charge in [0.2, 0.25) is 0 Å². The van der Waals surface area contributed by atoms with Crippen molar-refractivity contribution in [3.05, 3.63) is 59.2 Å². The van der Waals surface area contributed by atoms with E-state index >= 15 is 0 Å². The molecule has 0 atom stereocenters. The Morgan fingerprint density at radius 3 is 2.15 bits per heavy atom. The number of hydrogen-bond donors (Lipinski definition) is 1. The Bertz CT molecular complexity index is 704. The van der Waals surface area contributed by atoms with Crippen molar-refractivity contribution in [1.29, 1.82) is 0 Å². The van der Waals surface area contributed by atoms with Crippen LogP contribution in [0.3, 0.4) is 0 Å². The highest BCUT2D eigenvalue weighted by atomic mass is 32.2. The third-order valence-electron chi connectivity index (χ3n) is 3.35. The summed E-state index contributed by atoms with van der Waals surface area (Å²) in [6, 6.07) is 13.2. The molecular formula is C16H19NO2S. The zero-order chi connectivity index (χ0) is 14.8. The topological polar surface area (TPSA) is 46.2 Å². The highest BCUT2D eigenvalue weighted by Gasteiger charge is 2.05. The van der Waals surface area contributed by atoms with Crippen LogP contribution in [0.4, 0.5) is 5.69 Å². The van der Waals surface area contributed by atoms with Crippen molar-refractivity contribution in [1.82, 2.24) is 0 Å². The van der Waals surface area contributed by atoms with Gasteiger partial charge in [0.05, 0.1) is 4.90 Å². The Hall–Kier alpha value is -1.81. The summed E-state index contributed by atoms with van der Waals surface area (Å²) in [5.41, 5.74) is 4.68. The Labute approximate surface area is 120 Å². The number of aryl methyl sites for hydroxylation is 2. The molecule has 0 aromatic heterocycles. The van der Waals surface area contributed by atoms with Crippen molar-refractivity contribution in [3.63, 3.8) is 0 Å². The second-order valence-corrected chi connectivity index (χ2v) is 7.08. The van der Waals surface area contributed by atoms with Crippen LogP contribution in [0.15, 0.2) is 47.4 Å². The summed E-state index contributed by atoms with van der Waals surface area (Å²) >= 11 is 0. The quantitative estimate of drug-likeness (QED) is 0.939. The fourth-order valence-corrected chi connectivity index (χ4v) is 2.57. The minimum absolute atomic E-state index is 0.342. The molecule has 0 bridgehead atoms. The average Bonchev–Trinajstić information content (AvgIpc) is 2.40. The van der Waals surface area contributed by atoms with Gasteiger partial charge in [-0.1, -0.05) is 18.2 Å². The minimum Gasteiger partial charge on any atom is -0.381 e. The third kappa shape index (κ3) is 3.61. The molecule has 20 heavy (non-hydrogen) atoms. The molecule has 2 aromatic rings. The van der Waals surface area contributed by atoms with Gasteiger partial charge in [-0.3, -0.25) is 0 Å². The van der Waals surface area contributed by atoms with E-state index in [4.69, 9.17) is 0 Å². The number of benzene rings is 2. The van der Waals surface area contributed by atoms with Gasteiger partial charge in [-0.15, -0.1) is 0 Å². The van der Waals surface area contributed by atoms with Gasteiger partial charge in [0.15, 0.2) is 9.84 Å². The number of nitrogens with one attached hydrogen (secondary N) is 1. The standard InChI is InChI=1S/C16H19NO2S/c1-12-4-5-14(10-13(12)2)11-17-15-6-8-16(9-7-15)20(3,18)19/h4-10,17H,11H2,1-3H3. The third-order valence-corrected chi connectivity index (χ3v) is 4.48. The predicted octanol–water partition coefficient (Wildman–Crippen LogP) is 3.32. The molecule has 0 aliphatic heterocycles. The molecule has 1 N–H and O–H groups in total. The van der Waals surface area contributed by atoms with E-state index in [1.54, 1.807) is 24.3 Å². The average molecular weight is 289 g/mol. The van der Waals surface area contributed by atoms with Crippen LogP contribution in [-0.4, -0.2) is 14.7 Å². The first kappa shape index (κ1) is 14.6. The molecular weight excluding hydrogens is 270 g/mol. The van der Waals surface area contributed by atoms with Crippen LogP contribution in [-0.2, 0) is 16.4 Å². The molecule has 0 saturated heterocycles. The van der Waals surface area contributed by atoms with Crippen molar-refractivity contribution in [3.8, 4) is 0 Å². The highest BCUT2D eigenvalue weighted by Crippen LogP contribution is 2.16. The van der Waals surface area contributed by atoms with Crippen LogP contribution in [0, 0.1) is 13.8 Å². The SMILES string of the molecule is Cc1ccc(CNc2ccc(S(C)(=O)=O)cc2)cc1C. The monoisotopic (exact) mass is 289 g/mol. The van der Waals surface area contributed by atoms with Crippen LogP contribution in [0.25, 0.3) is 0 Å². The summed E-state index contributed by atoms with van der Waals surface area (Å²) in [6.07, 6.45) is 1.21. The summed E-state index contributed by atoms with van der Waals surface area (Å²) in [5, 5.41) is 3.29. The molecule has 4 heteroatoms. The summed E-state index contributed by atoms with van der Waals surface area (Å²) < 4.78 is 22.7. The lowest BCUT2D eigenvalue weighted by molar-refractivity contribution is 0.602. The van der Waals surface area contributed by atoms with E-state index in [0.717, 1.165) is 12.2 Å². The van der Waals surface area contributed by atoms with Gasteiger partial charge in [0.1, 0.15) is 0 Å². The van der Waals surface area contributed by atoms with Crippen LogP contribution in [0.1, 0.15) is 16.7 Å². The molecule has 106 valence electrons. The molecule has 0 amide bonds. The van der Waals surface area contributed by atoms with Gasteiger partial charge < -0.3 is 5.32 Å². The minimum atomic E-state index is -3.12. The molecule has 0 radical (unpaired) electrons. The lowest BCUT2D eigenvalue weighted by Crippen LogP contribution is -2.01. The van der Waals surface area contributed by atoms with E-state index in [2.05, 4.69) is 37.4 Å². The molecule has 3 nitrogen and oxygen atoms in total. The summed E-state index contributed by atoms with van der Waals surface area (Å²) in [5.74, 6) is 0. The summed E-state index contributed by atoms with van der Waals surface area (Å²) in [6.45, 7) is 4.91. The molecule has 2 rings (SSSR count). The Kier molecular flexibility index (Phi) is 4.14. The molecule has 0 aliphatic carbocycles. The maximum absolute atomic E-state index is 11.4. The molecule has 0 heterocycles. The highest BCUT2D eigenvalue weighted by molar-refractivity contribution is 7.90. The van der Waals surface area contributed by atoms with Crippen molar-refractivity contribution in [2.75, 3.05) is 11.6 Å². The van der Waals surface area contributed by atoms with Crippen LogP contribution in [0.2, 0.25) is 0 Å². The van der Waals surface area contributed by atoms with Crippen molar-refractivity contribution >= 4 is 15.5 Å². The molecule has 0 spiro atoms. The zero-order valence-electron chi connectivity index (χ0n) is 12.0. The maximum Gasteiger partial charge on any atom is 0.175 e. The van der Waals surface area contributed by atoms with Crippen molar-refractivity contribution in [2.45, 2.75) is 25.3 Å². The van der Waals surface area contributed by atoms with Gasteiger partial charge in [0, 0.05) is 18.5 Å². The van der Waals surface area contributed by atoms with E-state index in [9.17, 15) is 8.42 Å². The van der Waals surface area contributed by atoms with Gasteiger partial charge in [0.25, 0.3) is 0 Å². The van der Waals surface area contributed by atoms with Crippen molar-refractivity contribution < 1.29 is 8.42 Å². The van der Waals surface area contributed by atoms with Gasteiger partial charge in [-0.05, 0) is 54.8 Å². The molecule has 2 aromatic carbocycles. The first-order valence-corrected chi connectivity index (χ1v) is 8.35. The Morgan fingerprint density at radius 1 is 0.950 bits per heavy atom. The number of hydrogen-bond acceptors (Lipinski definition) is 3. The van der Waals surface area contributed by atoms with Gasteiger partial charge >= 0.3 is 0 Å².